The predicted octanol–water partition coefficient (Wildman–Crippen LogP) is 8.11. The van der Waals surface area contributed by atoms with E-state index in [2.05, 4.69) is 25.7 Å². The number of aromatic nitrogens is 3. The molecule has 2 aliphatic heterocycles. The van der Waals surface area contributed by atoms with Crippen LogP contribution in [-0.2, 0) is 35.3 Å². The lowest BCUT2D eigenvalue weighted by Crippen LogP contribution is -2.71. The van der Waals surface area contributed by atoms with Crippen molar-refractivity contribution in [3.05, 3.63) is 225 Å². The van der Waals surface area contributed by atoms with E-state index in [-0.39, 0.29) is 22.2 Å². The zero-order chi connectivity index (χ0) is 43.9. The average Bonchev–Trinajstić information content (AvgIpc) is 3.79. The minimum atomic E-state index is -1.31. The SMILES string of the molecule is Nc1nc(/C(=N/OC(c2ccccc2)(c2ccccc2)c2ccccc2)C(=O)N[C@@H]2C(=O)N3C(C(=O)OC(c4ccccc4)c4ccccc4)=C(SCc4cccnn4)CS[C@@H]23)cs1. The van der Waals surface area contributed by atoms with Gasteiger partial charge in [0.1, 0.15) is 22.8 Å². The number of ether oxygens (including phenoxy) is 1. The van der Waals surface area contributed by atoms with Crippen molar-refractivity contribution in [3.63, 3.8) is 0 Å². The molecule has 5 aromatic carbocycles. The Bertz CT molecular complexity index is 2660. The molecule has 0 bridgehead atoms. The number of esters is 1. The van der Waals surface area contributed by atoms with Gasteiger partial charge >= 0.3 is 5.97 Å². The van der Waals surface area contributed by atoms with Crippen LogP contribution in [0.4, 0.5) is 5.13 Å². The third-order valence-corrected chi connectivity index (χ3v) is 13.9. The maximum Gasteiger partial charge on any atom is 0.356 e. The van der Waals surface area contributed by atoms with Crippen LogP contribution in [0.2, 0.25) is 0 Å². The van der Waals surface area contributed by atoms with Crippen molar-refractivity contribution in [1.82, 2.24) is 25.4 Å². The van der Waals surface area contributed by atoms with Crippen LogP contribution in [0.3, 0.4) is 0 Å². The summed E-state index contributed by atoms with van der Waals surface area (Å²) in [7, 11) is 0. The van der Waals surface area contributed by atoms with Crippen molar-refractivity contribution >= 4 is 63.5 Å². The number of thioether (sulfide) groups is 2. The van der Waals surface area contributed by atoms with E-state index in [4.69, 9.17) is 15.3 Å². The Kier molecular flexibility index (Phi) is 12.6. The summed E-state index contributed by atoms with van der Waals surface area (Å²) in [5.41, 5.74) is 9.43. The molecule has 0 radical (unpaired) electrons. The fourth-order valence-electron chi connectivity index (χ4n) is 7.61. The van der Waals surface area contributed by atoms with Crippen LogP contribution in [0.1, 0.15) is 45.3 Å². The number of fused-ring (bicyclic) bond motifs is 1. The number of rotatable bonds is 15. The molecule has 1 fully saturated rings. The molecule has 0 unspecified atom stereocenters. The van der Waals surface area contributed by atoms with Gasteiger partial charge in [0.15, 0.2) is 16.9 Å². The van der Waals surface area contributed by atoms with Crippen molar-refractivity contribution in [2.45, 2.75) is 28.9 Å². The van der Waals surface area contributed by atoms with Gasteiger partial charge in [0.2, 0.25) is 5.60 Å². The van der Waals surface area contributed by atoms with Crippen LogP contribution >= 0.6 is 34.9 Å². The highest BCUT2D eigenvalue weighted by molar-refractivity contribution is 8.05. The molecule has 64 heavy (non-hydrogen) atoms. The molecule has 2 atom stereocenters. The van der Waals surface area contributed by atoms with Crippen LogP contribution in [0, 0.1) is 0 Å². The first-order valence-corrected chi connectivity index (χ1v) is 23.1. The summed E-state index contributed by atoms with van der Waals surface area (Å²) in [4.78, 5) is 56.8. The molecule has 2 aromatic heterocycles. The van der Waals surface area contributed by atoms with Gasteiger partial charge in [-0.2, -0.15) is 10.2 Å². The number of nitrogen functional groups attached to an aromatic ring is 1. The van der Waals surface area contributed by atoms with E-state index in [1.54, 1.807) is 17.6 Å². The Morgan fingerprint density at radius 1 is 0.812 bits per heavy atom. The molecule has 15 heteroatoms. The highest BCUT2D eigenvalue weighted by Gasteiger charge is 2.55. The van der Waals surface area contributed by atoms with Crippen molar-refractivity contribution in [3.8, 4) is 0 Å². The van der Waals surface area contributed by atoms with E-state index in [0.717, 1.165) is 39.2 Å². The van der Waals surface area contributed by atoms with Gasteiger partial charge in [-0.3, -0.25) is 14.5 Å². The lowest BCUT2D eigenvalue weighted by atomic mass is 9.80. The lowest BCUT2D eigenvalue weighted by molar-refractivity contribution is -0.154. The molecule has 0 spiro atoms. The van der Waals surface area contributed by atoms with E-state index >= 15 is 0 Å². The van der Waals surface area contributed by atoms with Crippen molar-refractivity contribution in [1.29, 1.82) is 0 Å². The Morgan fingerprint density at radius 3 is 1.89 bits per heavy atom. The van der Waals surface area contributed by atoms with E-state index in [0.29, 0.717) is 22.1 Å². The van der Waals surface area contributed by atoms with Gasteiger partial charge < -0.3 is 20.6 Å². The molecule has 4 heterocycles. The predicted molar refractivity (Wildman–Crippen MR) is 250 cm³/mol. The molecule has 7 aromatic rings. The van der Waals surface area contributed by atoms with E-state index in [9.17, 15) is 14.4 Å². The number of amides is 2. The minimum absolute atomic E-state index is 0.118. The molecular formula is C49H39N7O5S3. The molecule has 0 aliphatic carbocycles. The number of anilines is 1. The first-order valence-electron chi connectivity index (χ1n) is 20.2. The number of benzene rings is 5. The second-order valence-electron chi connectivity index (χ2n) is 14.6. The number of nitrogens with zero attached hydrogens (tertiary/aromatic N) is 5. The van der Waals surface area contributed by atoms with Crippen LogP contribution in [0.15, 0.2) is 191 Å². The molecule has 318 valence electrons. The highest BCUT2D eigenvalue weighted by Crippen LogP contribution is 2.45. The number of thiazole rings is 1. The average molecular weight is 902 g/mol. The number of β-lactam (4-membered cyclic amide) rings is 1. The normalized spacial score (nSPS) is 16.2. The standard InChI is InChI=1S/C49H39N7O5S3/c50-48-52-38(30-64-48)40(55-61-49(34-21-10-3-11-22-34,35-23-12-4-13-24-35)36-25-14-5-15-26-36)44(57)53-41-45(58)56-42(39(31-63-46(41)56)62-29-37-27-16-28-51-54-37)47(59)60-43(32-17-6-1-7-18-32)33-19-8-2-9-20-33/h1-28,30,41,43,46H,29,31H2,(H2,50,52)(H,53,57)/b55-40-/t41-,46+/m1/s1. The molecule has 9 rings (SSSR count). The number of nitrogens with two attached hydrogens (primary N) is 1. The molecule has 2 aliphatic rings. The summed E-state index contributed by atoms with van der Waals surface area (Å²) in [5, 5.41) is 16.9. The molecule has 1 saturated heterocycles. The second-order valence-corrected chi connectivity index (χ2v) is 17.7. The van der Waals surface area contributed by atoms with E-state index in [1.165, 1.54) is 28.4 Å². The summed E-state index contributed by atoms with van der Waals surface area (Å²) in [6.45, 7) is 0. The summed E-state index contributed by atoms with van der Waals surface area (Å²) in [6.07, 6.45) is 0.836. The first kappa shape index (κ1) is 42.2. The minimum Gasteiger partial charge on any atom is -0.448 e. The first-order chi connectivity index (χ1) is 31.4. The fourth-order valence-corrected chi connectivity index (χ4v) is 10.7. The van der Waals surface area contributed by atoms with Crippen LogP contribution in [0.25, 0.3) is 0 Å². The number of oxime groups is 1. The smallest absolute Gasteiger partial charge is 0.356 e. The summed E-state index contributed by atoms with van der Waals surface area (Å²) in [6, 6.07) is 50.4. The summed E-state index contributed by atoms with van der Waals surface area (Å²) < 4.78 is 6.35. The second kappa shape index (κ2) is 19.1. The quantitative estimate of drug-likeness (QED) is 0.0336. The van der Waals surface area contributed by atoms with E-state index < -0.39 is 40.9 Å². The topological polar surface area (TPSA) is 162 Å². The summed E-state index contributed by atoms with van der Waals surface area (Å²) in [5.74, 6) is -1.11. The molecular weight excluding hydrogens is 863 g/mol. The maximum absolute atomic E-state index is 14.6. The maximum atomic E-state index is 14.6. The van der Waals surface area contributed by atoms with Gasteiger partial charge in [-0.25, -0.2) is 9.78 Å². The molecule has 0 saturated carbocycles. The number of nitrogens with one attached hydrogen (secondary N) is 1. The van der Waals surface area contributed by atoms with Gasteiger partial charge in [0.05, 0.1) is 5.69 Å². The number of hydrogen-bond donors (Lipinski definition) is 2. The Labute approximate surface area is 381 Å². The van der Waals surface area contributed by atoms with Crippen LogP contribution in [-0.4, -0.2) is 60.7 Å². The Morgan fingerprint density at radius 2 is 1.38 bits per heavy atom. The number of hydrogen-bond acceptors (Lipinski definition) is 13. The van der Waals surface area contributed by atoms with Crippen molar-refractivity contribution in [2.24, 2.45) is 5.16 Å². The zero-order valence-electron chi connectivity index (χ0n) is 34.0. The fraction of sp³-hybridized carbons (Fsp3) is 0.122. The highest BCUT2D eigenvalue weighted by atomic mass is 32.2. The number of carbonyl (C=O) groups is 3. The van der Waals surface area contributed by atoms with Crippen LogP contribution in [0.5, 0.6) is 0 Å². The van der Waals surface area contributed by atoms with Crippen molar-refractivity contribution < 1.29 is 24.0 Å². The molecule has 12 nitrogen and oxygen atoms in total. The van der Waals surface area contributed by atoms with Gasteiger partial charge in [0.25, 0.3) is 11.8 Å². The summed E-state index contributed by atoms with van der Waals surface area (Å²) >= 11 is 3.96. The lowest BCUT2D eigenvalue weighted by Gasteiger charge is -2.49. The van der Waals surface area contributed by atoms with Crippen LogP contribution < -0.4 is 11.1 Å². The Balaban J connectivity index is 1.04. The third kappa shape index (κ3) is 8.65. The largest absolute Gasteiger partial charge is 0.448 e. The third-order valence-electron chi connectivity index (χ3n) is 10.7. The van der Waals surface area contributed by atoms with Gasteiger partial charge in [-0.05, 0) is 23.3 Å². The van der Waals surface area contributed by atoms with Crippen molar-refractivity contribution in [2.75, 3.05) is 11.5 Å². The van der Waals surface area contributed by atoms with Gasteiger partial charge in [-0.15, -0.1) is 34.9 Å². The van der Waals surface area contributed by atoms with E-state index in [1.807, 2.05) is 158 Å². The molecule has 2 amide bonds. The number of carbonyl (C=O) groups excluding carboxylic acids is 3. The molecule has 3 N–H and O–H groups in total. The zero-order valence-corrected chi connectivity index (χ0v) is 36.4. The van der Waals surface area contributed by atoms with Gasteiger partial charge in [0, 0.05) is 44.7 Å². The monoisotopic (exact) mass is 901 g/mol. The Hall–Kier alpha value is -7.07. The van der Waals surface area contributed by atoms with Gasteiger partial charge in [-0.1, -0.05) is 157 Å².